The number of esters is 1. The number of thiophene rings is 1. The highest BCUT2D eigenvalue weighted by molar-refractivity contribution is 7.16. The number of ether oxygens (including phenoxy) is 1. The van der Waals surface area contributed by atoms with E-state index in [1.165, 1.54) is 30.3 Å². The Kier molecular flexibility index (Phi) is 5.71. The zero-order chi connectivity index (χ0) is 16.2. The fourth-order valence-corrected chi connectivity index (χ4v) is 2.89. The zero-order valence-corrected chi connectivity index (χ0v) is 12.8. The molecule has 0 aliphatic rings. The molecule has 1 aromatic heterocycles. The van der Waals surface area contributed by atoms with E-state index in [4.69, 9.17) is 5.11 Å². The summed E-state index contributed by atoms with van der Waals surface area (Å²) in [5.74, 6) is -2.71. The third-order valence-corrected chi connectivity index (χ3v) is 3.98. The third-order valence-electron chi connectivity index (χ3n) is 2.89. The van der Waals surface area contributed by atoms with Gasteiger partial charge in [0.2, 0.25) is 0 Å². The molecule has 0 fully saturated rings. The molecule has 1 heterocycles. The number of carbonyl (C=O) groups is 3. The van der Waals surface area contributed by atoms with Gasteiger partial charge in [-0.2, -0.15) is 0 Å². The highest BCUT2D eigenvalue weighted by atomic mass is 32.1. The predicted octanol–water partition coefficient (Wildman–Crippen LogP) is 1.60. The maximum atomic E-state index is 11.8. The van der Waals surface area contributed by atoms with Crippen LogP contribution in [0.5, 0.6) is 0 Å². The van der Waals surface area contributed by atoms with E-state index in [1.807, 2.05) is 0 Å². The van der Waals surface area contributed by atoms with Gasteiger partial charge in [0.15, 0.2) is 0 Å². The number of rotatable bonds is 7. The largest absolute Gasteiger partial charge is 0.481 e. The van der Waals surface area contributed by atoms with Gasteiger partial charge in [-0.15, -0.1) is 11.3 Å². The molecule has 0 aliphatic carbocycles. The molecule has 0 saturated heterocycles. The first-order valence-corrected chi connectivity index (χ1v) is 6.99. The molecular weight excluding hydrogens is 298 g/mol. The Hall–Kier alpha value is -2.09. The van der Waals surface area contributed by atoms with Gasteiger partial charge in [0, 0.05) is 11.4 Å². The number of nitrogens with zero attached hydrogens (tertiary/aromatic N) is 1. The summed E-state index contributed by atoms with van der Waals surface area (Å²) >= 11 is 1.23. The molecule has 2 N–H and O–H groups in total. The second-order valence-electron chi connectivity index (χ2n) is 4.42. The highest BCUT2D eigenvalue weighted by Crippen LogP contribution is 2.33. The van der Waals surface area contributed by atoms with Gasteiger partial charge < -0.3 is 19.8 Å². The van der Waals surface area contributed by atoms with Crippen LogP contribution in [0.3, 0.4) is 0 Å². The van der Waals surface area contributed by atoms with Gasteiger partial charge in [-0.3, -0.25) is 4.79 Å². The maximum absolute atomic E-state index is 11.8. The summed E-state index contributed by atoms with van der Waals surface area (Å²) in [4.78, 5) is 35.9. The third kappa shape index (κ3) is 4.19. The molecule has 0 saturated carbocycles. The van der Waals surface area contributed by atoms with E-state index in [2.05, 4.69) is 4.74 Å². The first kappa shape index (κ1) is 17.0. The van der Waals surface area contributed by atoms with Gasteiger partial charge in [-0.25, -0.2) is 9.59 Å². The lowest BCUT2D eigenvalue weighted by Crippen LogP contribution is -2.40. The lowest BCUT2D eigenvalue weighted by Gasteiger charge is -2.27. The fourth-order valence-electron chi connectivity index (χ4n) is 1.79. The van der Waals surface area contributed by atoms with Crippen LogP contribution >= 0.6 is 11.3 Å². The number of carboxylic acids is 2. The minimum Gasteiger partial charge on any atom is -0.481 e. The smallest absolute Gasteiger partial charge is 0.340 e. The summed E-state index contributed by atoms with van der Waals surface area (Å²) in [6.45, 7) is 3.22. The van der Waals surface area contributed by atoms with Crippen LogP contribution in [0.1, 0.15) is 28.6 Å². The zero-order valence-electron chi connectivity index (χ0n) is 12.0. The molecule has 1 rings (SSSR count). The van der Waals surface area contributed by atoms with Crippen LogP contribution < -0.4 is 4.90 Å². The first-order valence-electron chi connectivity index (χ1n) is 6.18. The fraction of sp³-hybridized carbons (Fsp3) is 0.462. The summed E-state index contributed by atoms with van der Waals surface area (Å²) < 4.78 is 4.68. The molecule has 0 spiro atoms. The normalized spacial score (nSPS) is 11.8. The summed E-state index contributed by atoms with van der Waals surface area (Å²) in [5.41, 5.74) is 0.249. The molecule has 0 bridgehead atoms. The van der Waals surface area contributed by atoms with Gasteiger partial charge in [-0.1, -0.05) is 0 Å². The van der Waals surface area contributed by atoms with Crippen molar-refractivity contribution in [1.29, 1.82) is 0 Å². The Balaban J connectivity index is 3.21. The second kappa shape index (κ2) is 7.07. The van der Waals surface area contributed by atoms with Crippen LogP contribution in [0.4, 0.5) is 5.00 Å². The Morgan fingerprint density at radius 2 is 2.00 bits per heavy atom. The van der Waals surface area contributed by atoms with E-state index in [9.17, 15) is 19.5 Å². The molecule has 7 nitrogen and oxygen atoms in total. The van der Waals surface area contributed by atoms with Crippen molar-refractivity contribution in [3.05, 3.63) is 16.5 Å². The molecule has 1 atom stereocenters. The van der Waals surface area contributed by atoms with E-state index in [0.717, 1.165) is 4.88 Å². The molecule has 1 unspecified atom stereocenters. The number of carbonyl (C=O) groups excluding carboxylic acids is 1. The van der Waals surface area contributed by atoms with Crippen LogP contribution in [0.2, 0.25) is 0 Å². The molecule has 21 heavy (non-hydrogen) atoms. The van der Waals surface area contributed by atoms with Gasteiger partial charge in [-0.05, 0) is 19.9 Å². The Morgan fingerprint density at radius 3 is 2.48 bits per heavy atom. The Bertz CT molecular complexity index is 553. The summed E-state index contributed by atoms with van der Waals surface area (Å²) in [7, 11) is 1.24. The average Bonchev–Trinajstić information content (AvgIpc) is 2.79. The van der Waals surface area contributed by atoms with Crippen molar-refractivity contribution in [2.24, 2.45) is 0 Å². The van der Waals surface area contributed by atoms with Crippen molar-refractivity contribution in [2.45, 2.75) is 26.3 Å². The lowest BCUT2D eigenvalue weighted by atomic mass is 10.2. The molecule has 8 heteroatoms. The summed E-state index contributed by atoms with van der Waals surface area (Å²) in [5, 5.41) is 18.4. The lowest BCUT2D eigenvalue weighted by molar-refractivity contribution is -0.139. The quantitative estimate of drug-likeness (QED) is 0.736. The monoisotopic (exact) mass is 315 g/mol. The van der Waals surface area contributed by atoms with Crippen LogP contribution in [-0.4, -0.2) is 47.8 Å². The van der Waals surface area contributed by atoms with Crippen molar-refractivity contribution >= 4 is 34.2 Å². The maximum Gasteiger partial charge on any atom is 0.340 e. The Labute approximate surface area is 125 Å². The van der Waals surface area contributed by atoms with E-state index in [-0.39, 0.29) is 18.5 Å². The van der Waals surface area contributed by atoms with E-state index in [1.54, 1.807) is 13.0 Å². The minimum atomic E-state index is -1.10. The second-order valence-corrected chi connectivity index (χ2v) is 5.65. The Morgan fingerprint density at radius 1 is 1.38 bits per heavy atom. The van der Waals surface area contributed by atoms with Crippen molar-refractivity contribution in [3.63, 3.8) is 0 Å². The molecule has 1 aromatic rings. The average molecular weight is 315 g/mol. The molecule has 0 amide bonds. The number of anilines is 1. The number of aliphatic carboxylic acids is 2. The predicted molar refractivity (Wildman–Crippen MR) is 77.1 cm³/mol. The number of carboxylic acid groups (broad SMARTS) is 2. The van der Waals surface area contributed by atoms with Crippen LogP contribution in [0.25, 0.3) is 0 Å². The molecular formula is C13H17NO6S. The van der Waals surface area contributed by atoms with E-state index in [0.29, 0.717) is 5.00 Å². The number of hydrogen-bond acceptors (Lipinski definition) is 6. The van der Waals surface area contributed by atoms with Crippen molar-refractivity contribution in [1.82, 2.24) is 0 Å². The number of aryl methyl sites for hydroxylation is 1. The van der Waals surface area contributed by atoms with Gasteiger partial charge in [0.05, 0.1) is 19.1 Å². The topological polar surface area (TPSA) is 104 Å². The SMILES string of the molecule is COC(=O)c1cc(C)sc1N(CCC(=O)O)C(C)C(=O)O. The standard InChI is InChI=1S/C13H17NO6S/c1-7-6-9(13(19)20-3)11(21-7)14(5-4-10(15)16)8(2)12(17)18/h6,8H,4-5H2,1-3H3,(H,15,16)(H,17,18). The van der Waals surface area contributed by atoms with Crippen molar-refractivity contribution in [2.75, 3.05) is 18.6 Å². The number of methoxy groups -OCH3 is 1. The highest BCUT2D eigenvalue weighted by Gasteiger charge is 2.27. The van der Waals surface area contributed by atoms with E-state index < -0.39 is 23.9 Å². The van der Waals surface area contributed by atoms with Gasteiger partial charge in [0.25, 0.3) is 0 Å². The van der Waals surface area contributed by atoms with Crippen LogP contribution in [0, 0.1) is 6.92 Å². The van der Waals surface area contributed by atoms with Crippen molar-refractivity contribution < 1.29 is 29.3 Å². The van der Waals surface area contributed by atoms with Crippen LogP contribution in [0.15, 0.2) is 6.07 Å². The summed E-state index contributed by atoms with van der Waals surface area (Å²) in [6.07, 6.45) is -0.227. The van der Waals surface area contributed by atoms with Crippen molar-refractivity contribution in [3.8, 4) is 0 Å². The van der Waals surface area contributed by atoms with Gasteiger partial charge >= 0.3 is 17.9 Å². The number of hydrogen-bond donors (Lipinski definition) is 2. The van der Waals surface area contributed by atoms with Gasteiger partial charge in [0.1, 0.15) is 11.0 Å². The molecule has 0 aliphatic heterocycles. The van der Waals surface area contributed by atoms with E-state index >= 15 is 0 Å². The summed E-state index contributed by atoms with van der Waals surface area (Å²) in [6, 6.07) is 0.652. The first-order chi connectivity index (χ1) is 9.77. The molecule has 0 aromatic carbocycles. The molecule has 116 valence electrons. The van der Waals surface area contributed by atoms with Crippen LogP contribution in [-0.2, 0) is 14.3 Å². The molecule has 0 radical (unpaired) electrons. The minimum absolute atomic E-state index is 0.00719.